The molecule has 0 atom stereocenters. The Morgan fingerprint density at radius 3 is 2.33 bits per heavy atom. The summed E-state index contributed by atoms with van der Waals surface area (Å²) < 4.78 is 11.6. The number of fused-ring (bicyclic) bond motifs is 1. The molecule has 33 heavy (non-hydrogen) atoms. The molecule has 0 saturated heterocycles. The number of hydrogen-bond donors (Lipinski definition) is 1. The average molecular weight is 440 g/mol. The summed E-state index contributed by atoms with van der Waals surface area (Å²) in [5.41, 5.74) is 6.48. The number of aryl methyl sites for hydroxylation is 1. The minimum atomic E-state index is -0.265. The van der Waals surface area contributed by atoms with Crippen LogP contribution in [0.3, 0.4) is 0 Å². The Morgan fingerprint density at radius 1 is 1.00 bits per heavy atom. The summed E-state index contributed by atoms with van der Waals surface area (Å²) in [6, 6.07) is 18.9. The van der Waals surface area contributed by atoms with E-state index in [1.54, 1.807) is 43.7 Å². The van der Waals surface area contributed by atoms with Gasteiger partial charge in [-0.2, -0.15) is 0 Å². The van der Waals surface area contributed by atoms with Gasteiger partial charge in [-0.25, -0.2) is 0 Å². The normalized spacial score (nSPS) is 11.5. The van der Waals surface area contributed by atoms with Crippen LogP contribution in [0, 0.1) is 6.92 Å². The molecule has 0 saturated carbocycles. The van der Waals surface area contributed by atoms with Crippen molar-refractivity contribution in [2.45, 2.75) is 20.8 Å². The quantitative estimate of drug-likeness (QED) is 0.269. The number of amides is 1. The van der Waals surface area contributed by atoms with Gasteiger partial charge in [-0.1, -0.05) is 30.3 Å². The first-order chi connectivity index (χ1) is 15.9. The maximum Gasteiger partial charge on any atom is 0.248 e. The molecule has 3 aromatic carbocycles. The van der Waals surface area contributed by atoms with Crippen molar-refractivity contribution in [3.63, 3.8) is 0 Å². The summed E-state index contributed by atoms with van der Waals surface area (Å²) in [4.78, 5) is 24.1. The molecule has 0 bridgehead atoms. The van der Waals surface area contributed by atoms with E-state index in [9.17, 15) is 9.59 Å². The molecule has 0 spiro atoms. The lowest BCUT2D eigenvalue weighted by Crippen LogP contribution is -2.09. The topological polar surface area (TPSA) is 68.5 Å². The van der Waals surface area contributed by atoms with Crippen molar-refractivity contribution in [1.29, 1.82) is 0 Å². The van der Waals surface area contributed by atoms with Crippen LogP contribution in [-0.2, 0) is 4.79 Å². The number of nitrogens with one attached hydrogen (secondary N) is 1. The number of methoxy groups -OCH3 is 1. The molecule has 166 valence electrons. The summed E-state index contributed by atoms with van der Waals surface area (Å²) in [5.74, 6) is 0.387. The lowest BCUT2D eigenvalue weighted by Gasteiger charge is -2.13. The van der Waals surface area contributed by atoms with Crippen molar-refractivity contribution in [3.05, 3.63) is 89.7 Å². The number of ether oxygens (including phenoxy) is 1. The smallest absolute Gasteiger partial charge is 0.248 e. The number of Topliss-reactive ketones (excluding diaryl/α,β-unsaturated/α-hetero) is 1. The number of benzene rings is 3. The molecule has 5 nitrogen and oxygen atoms in total. The van der Waals surface area contributed by atoms with E-state index in [0.717, 1.165) is 38.8 Å². The third-order valence-electron chi connectivity index (χ3n) is 5.66. The molecule has 4 rings (SSSR count). The maximum atomic E-state index is 12.7. The van der Waals surface area contributed by atoms with E-state index in [1.807, 2.05) is 50.2 Å². The van der Waals surface area contributed by atoms with Crippen molar-refractivity contribution in [2.75, 3.05) is 12.4 Å². The predicted molar refractivity (Wildman–Crippen MR) is 132 cm³/mol. The van der Waals surface area contributed by atoms with Gasteiger partial charge in [0.15, 0.2) is 5.78 Å². The monoisotopic (exact) mass is 439 g/mol. The van der Waals surface area contributed by atoms with E-state index in [0.29, 0.717) is 17.0 Å². The first kappa shape index (κ1) is 22.1. The van der Waals surface area contributed by atoms with Crippen LogP contribution in [0.15, 0.2) is 77.4 Å². The largest absolute Gasteiger partial charge is 0.496 e. The van der Waals surface area contributed by atoms with Crippen molar-refractivity contribution in [1.82, 2.24) is 0 Å². The number of carbonyl (C=O) groups excluding carboxylic acids is 2. The fraction of sp³-hybridized carbons (Fsp3) is 0.143. The SMILES string of the molecule is COc1c(/C(C)=C/C(=O)Nc2ccc(C(C)=O)cc2)cc2c(-c3ccccc3)coc2c1C. The molecular formula is C28H25NO4. The minimum Gasteiger partial charge on any atom is -0.496 e. The maximum absolute atomic E-state index is 12.7. The van der Waals surface area contributed by atoms with Crippen molar-refractivity contribution in [3.8, 4) is 16.9 Å². The number of furan rings is 1. The van der Waals surface area contributed by atoms with E-state index < -0.39 is 0 Å². The Hall–Kier alpha value is -4.12. The van der Waals surface area contributed by atoms with E-state index >= 15 is 0 Å². The van der Waals surface area contributed by atoms with Crippen LogP contribution in [0.5, 0.6) is 5.75 Å². The molecule has 0 fully saturated rings. The van der Waals surface area contributed by atoms with Crippen LogP contribution in [0.25, 0.3) is 27.7 Å². The zero-order chi connectivity index (χ0) is 23.5. The molecule has 0 aliphatic rings. The number of carbonyl (C=O) groups is 2. The van der Waals surface area contributed by atoms with Crippen molar-refractivity contribution < 1.29 is 18.7 Å². The highest BCUT2D eigenvalue weighted by atomic mass is 16.5. The van der Waals surface area contributed by atoms with Gasteiger partial charge in [-0.05, 0) is 62.2 Å². The zero-order valence-corrected chi connectivity index (χ0v) is 19.1. The summed E-state index contributed by atoms with van der Waals surface area (Å²) in [7, 11) is 1.61. The molecule has 1 amide bonds. The van der Waals surface area contributed by atoms with Gasteiger partial charge in [0.05, 0.1) is 13.4 Å². The summed E-state index contributed by atoms with van der Waals surface area (Å²) in [5, 5.41) is 3.80. The Morgan fingerprint density at radius 2 is 1.70 bits per heavy atom. The molecule has 1 aromatic heterocycles. The van der Waals surface area contributed by atoms with E-state index in [1.165, 1.54) is 6.92 Å². The van der Waals surface area contributed by atoms with Crippen LogP contribution in [0.4, 0.5) is 5.69 Å². The van der Waals surface area contributed by atoms with Gasteiger partial charge in [0.25, 0.3) is 0 Å². The second-order valence-corrected chi connectivity index (χ2v) is 7.92. The molecular weight excluding hydrogens is 414 g/mol. The lowest BCUT2D eigenvalue weighted by atomic mass is 9.96. The number of hydrogen-bond acceptors (Lipinski definition) is 4. The molecule has 0 aliphatic heterocycles. The van der Waals surface area contributed by atoms with Gasteiger partial charge in [-0.3, -0.25) is 9.59 Å². The second-order valence-electron chi connectivity index (χ2n) is 7.92. The van der Waals surface area contributed by atoms with Crippen LogP contribution in [0.2, 0.25) is 0 Å². The van der Waals surface area contributed by atoms with E-state index in [4.69, 9.17) is 9.15 Å². The first-order valence-electron chi connectivity index (χ1n) is 10.6. The highest BCUT2D eigenvalue weighted by Gasteiger charge is 2.18. The molecule has 0 unspecified atom stereocenters. The molecule has 0 aliphatic carbocycles. The molecule has 1 N–H and O–H groups in total. The van der Waals surface area contributed by atoms with Gasteiger partial charge in [0.1, 0.15) is 11.3 Å². The second kappa shape index (κ2) is 9.17. The number of ketones is 1. The highest BCUT2D eigenvalue weighted by molar-refractivity contribution is 6.06. The Kier molecular flexibility index (Phi) is 6.13. The van der Waals surface area contributed by atoms with Crippen molar-refractivity contribution >= 4 is 33.9 Å². The lowest BCUT2D eigenvalue weighted by molar-refractivity contribution is -0.111. The third kappa shape index (κ3) is 4.44. The summed E-state index contributed by atoms with van der Waals surface area (Å²) in [6.45, 7) is 5.34. The zero-order valence-electron chi connectivity index (χ0n) is 19.1. The predicted octanol–water partition coefficient (Wildman–Crippen LogP) is 6.66. The van der Waals surface area contributed by atoms with Gasteiger partial charge >= 0.3 is 0 Å². The number of anilines is 1. The number of allylic oxidation sites excluding steroid dienone is 1. The fourth-order valence-corrected chi connectivity index (χ4v) is 3.95. The first-order valence-corrected chi connectivity index (χ1v) is 10.6. The Labute approximate surface area is 192 Å². The van der Waals surface area contributed by atoms with Gasteiger partial charge in [0, 0.05) is 39.4 Å². The van der Waals surface area contributed by atoms with Crippen molar-refractivity contribution in [2.24, 2.45) is 0 Å². The Balaban J connectivity index is 1.70. The third-order valence-corrected chi connectivity index (χ3v) is 5.66. The van der Waals surface area contributed by atoms with E-state index in [2.05, 4.69) is 5.32 Å². The Bertz CT molecular complexity index is 1360. The molecule has 5 heteroatoms. The average Bonchev–Trinajstić information content (AvgIpc) is 3.24. The molecule has 4 aromatic rings. The molecule has 1 heterocycles. The van der Waals surface area contributed by atoms with Crippen LogP contribution in [-0.4, -0.2) is 18.8 Å². The summed E-state index contributed by atoms with van der Waals surface area (Å²) in [6.07, 6.45) is 3.30. The van der Waals surface area contributed by atoms with Crippen LogP contribution in [0.1, 0.15) is 35.3 Å². The van der Waals surface area contributed by atoms with Crippen LogP contribution >= 0.6 is 0 Å². The van der Waals surface area contributed by atoms with Gasteiger partial charge < -0.3 is 14.5 Å². The standard InChI is InChI=1S/C28H25NO4/c1-17(14-26(31)29-22-12-10-20(11-13-22)19(3)30)23-15-24-25(21-8-6-5-7-9-21)16-33-28(24)18(2)27(23)32-4/h5-16H,1-4H3,(H,29,31)/b17-14+. The van der Waals surface area contributed by atoms with Crippen LogP contribution < -0.4 is 10.1 Å². The summed E-state index contributed by atoms with van der Waals surface area (Å²) >= 11 is 0. The van der Waals surface area contributed by atoms with E-state index in [-0.39, 0.29) is 11.7 Å². The number of rotatable bonds is 6. The highest BCUT2D eigenvalue weighted by Crippen LogP contribution is 2.40. The van der Waals surface area contributed by atoms with Gasteiger partial charge in [-0.15, -0.1) is 0 Å². The molecule has 0 radical (unpaired) electrons. The fourth-order valence-electron chi connectivity index (χ4n) is 3.95. The minimum absolute atomic E-state index is 0.0180. The van der Waals surface area contributed by atoms with Gasteiger partial charge in [0.2, 0.25) is 5.91 Å².